The van der Waals surface area contributed by atoms with Gasteiger partial charge in [0.25, 0.3) is 0 Å². The first kappa shape index (κ1) is 15.9. The van der Waals surface area contributed by atoms with Crippen LogP contribution in [-0.2, 0) is 4.74 Å². The minimum absolute atomic E-state index is 0.0749. The number of hydrogen-bond acceptors (Lipinski definition) is 5. The molecule has 0 saturated heterocycles. The first-order chi connectivity index (χ1) is 10.6. The van der Waals surface area contributed by atoms with Crippen molar-refractivity contribution in [2.24, 2.45) is 0 Å². The van der Waals surface area contributed by atoms with E-state index in [1.165, 1.54) is 0 Å². The molecule has 0 atom stereocenters. The van der Waals surface area contributed by atoms with E-state index in [4.69, 9.17) is 4.74 Å². The van der Waals surface area contributed by atoms with Crippen molar-refractivity contribution in [1.29, 1.82) is 0 Å². The van der Waals surface area contributed by atoms with E-state index in [1.54, 1.807) is 22.9 Å². The summed E-state index contributed by atoms with van der Waals surface area (Å²) in [5.41, 5.74) is 2.15. The average Bonchev–Trinajstić information content (AvgIpc) is 2.97. The van der Waals surface area contributed by atoms with Crippen molar-refractivity contribution in [2.75, 3.05) is 6.61 Å². The van der Waals surface area contributed by atoms with E-state index in [2.05, 4.69) is 10.3 Å². The van der Waals surface area contributed by atoms with E-state index in [1.807, 2.05) is 26.8 Å². The van der Waals surface area contributed by atoms with Crippen LogP contribution in [-0.4, -0.2) is 33.9 Å². The Morgan fingerprint density at radius 2 is 2.18 bits per heavy atom. The fourth-order valence-electron chi connectivity index (χ4n) is 2.16. The van der Waals surface area contributed by atoms with Crippen LogP contribution in [0.3, 0.4) is 0 Å². The molecule has 0 aliphatic carbocycles. The number of nitrogens with zero attached hydrogens (tertiary/aromatic N) is 3. The maximum atomic E-state index is 11.9. The molecule has 116 valence electrons. The molecule has 0 aliphatic heterocycles. The summed E-state index contributed by atoms with van der Waals surface area (Å²) in [6, 6.07) is 6.94. The monoisotopic (exact) mass is 301 g/mol. The third kappa shape index (κ3) is 3.21. The highest BCUT2D eigenvalue weighted by atomic mass is 16.5. The van der Waals surface area contributed by atoms with Gasteiger partial charge in [0.15, 0.2) is 6.29 Å². The fraction of sp³-hybridized carbons (Fsp3) is 0.375. The van der Waals surface area contributed by atoms with Gasteiger partial charge < -0.3 is 4.74 Å². The number of aromatic nitrogens is 3. The second-order valence-electron chi connectivity index (χ2n) is 5.23. The lowest BCUT2D eigenvalue weighted by molar-refractivity contribution is 0.0505. The highest BCUT2D eigenvalue weighted by Crippen LogP contribution is 2.21. The summed E-state index contributed by atoms with van der Waals surface area (Å²) in [4.78, 5) is 23.0. The Balaban J connectivity index is 2.40. The SMILES string of the molecule is CCCOC(=O)c1cccc(-n2nnc(C=O)c2C(C)C)c1. The van der Waals surface area contributed by atoms with Crippen LogP contribution in [0.15, 0.2) is 24.3 Å². The molecular weight excluding hydrogens is 282 g/mol. The van der Waals surface area contributed by atoms with Gasteiger partial charge in [0.05, 0.1) is 23.6 Å². The first-order valence-corrected chi connectivity index (χ1v) is 7.26. The Labute approximate surface area is 129 Å². The highest BCUT2D eigenvalue weighted by molar-refractivity contribution is 5.90. The number of carbonyl (C=O) groups excluding carboxylic acids is 2. The van der Waals surface area contributed by atoms with Crippen molar-refractivity contribution in [1.82, 2.24) is 15.0 Å². The van der Waals surface area contributed by atoms with Gasteiger partial charge in [-0.05, 0) is 30.5 Å². The van der Waals surface area contributed by atoms with E-state index in [0.29, 0.717) is 35.5 Å². The summed E-state index contributed by atoms with van der Waals surface area (Å²) >= 11 is 0. The van der Waals surface area contributed by atoms with Crippen molar-refractivity contribution in [3.05, 3.63) is 41.2 Å². The lowest BCUT2D eigenvalue weighted by Crippen LogP contribution is -2.09. The molecule has 0 saturated carbocycles. The van der Waals surface area contributed by atoms with E-state index in [9.17, 15) is 9.59 Å². The Morgan fingerprint density at radius 1 is 1.41 bits per heavy atom. The molecule has 0 bridgehead atoms. The molecule has 0 spiro atoms. The van der Waals surface area contributed by atoms with E-state index in [-0.39, 0.29) is 11.9 Å². The zero-order chi connectivity index (χ0) is 16.1. The molecule has 0 N–H and O–H groups in total. The summed E-state index contributed by atoms with van der Waals surface area (Å²) in [6.45, 7) is 6.25. The van der Waals surface area contributed by atoms with Crippen LogP contribution < -0.4 is 0 Å². The molecule has 0 unspecified atom stereocenters. The molecule has 22 heavy (non-hydrogen) atoms. The number of esters is 1. The number of hydrogen-bond donors (Lipinski definition) is 0. The van der Waals surface area contributed by atoms with E-state index >= 15 is 0 Å². The largest absolute Gasteiger partial charge is 0.462 e. The highest BCUT2D eigenvalue weighted by Gasteiger charge is 2.18. The second kappa shape index (κ2) is 6.98. The summed E-state index contributed by atoms with van der Waals surface area (Å²) in [7, 11) is 0. The summed E-state index contributed by atoms with van der Waals surface area (Å²) in [5, 5.41) is 7.91. The molecule has 0 fully saturated rings. The summed E-state index contributed by atoms with van der Waals surface area (Å²) in [5.74, 6) is -0.295. The molecule has 6 nitrogen and oxygen atoms in total. The maximum absolute atomic E-state index is 11.9. The van der Waals surface area contributed by atoms with Crippen molar-refractivity contribution in [2.45, 2.75) is 33.1 Å². The van der Waals surface area contributed by atoms with Crippen LogP contribution in [0.25, 0.3) is 5.69 Å². The number of aldehydes is 1. The average molecular weight is 301 g/mol. The smallest absolute Gasteiger partial charge is 0.338 e. The molecule has 1 heterocycles. The van der Waals surface area contributed by atoms with Gasteiger partial charge in [-0.3, -0.25) is 4.79 Å². The lowest BCUT2D eigenvalue weighted by Gasteiger charge is -2.10. The third-order valence-electron chi connectivity index (χ3n) is 3.15. The van der Waals surface area contributed by atoms with Crippen molar-refractivity contribution < 1.29 is 14.3 Å². The first-order valence-electron chi connectivity index (χ1n) is 7.26. The van der Waals surface area contributed by atoms with E-state index in [0.717, 1.165) is 6.42 Å². The van der Waals surface area contributed by atoms with Gasteiger partial charge in [0, 0.05) is 0 Å². The van der Waals surface area contributed by atoms with Gasteiger partial charge in [0.1, 0.15) is 5.69 Å². The molecule has 2 rings (SSSR count). The molecule has 2 aromatic rings. The van der Waals surface area contributed by atoms with Crippen LogP contribution in [0.4, 0.5) is 0 Å². The maximum Gasteiger partial charge on any atom is 0.338 e. The van der Waals surface area contributed by atoms with Gasteiger partial charge in [-0.25, -0.2) is 9.48 Å². The molecule has 1 aromatic carbocycles. The molecular formula is C16H19N3O3. The minimum Gasteiger partial charge on any atom is -0.462 e. The van der Waals surface area contributed by atoms with Gasteiger partial charge in [-0.15, -0.1) is 5.10 Å². The molecule has 0 aliphatic rings. The number of benzene rings is 1. The van der Waals surface area contributed by atoms with Crippen LogP contribution in [0.2, 0.25) is 0 Å². The van der Waals surface area contributed by atoms with Gasteiger partial charge in [-0.2, -0.15) is 0 Å². The molecule has 0 radical (unpaired) electrons. The Kier molecular flexibility index (Phi) is 5.04. The van der Waals surface area contributed by atoms with Gasteiger partial charge >= 0.3 is 5.97 Å². The summed E-state index contributed by atoms with van der Waals surface area (Å²) < 4.78 is 6.72. The topological polar surface area (TPSA) is 74.1 Å². The number of carbonyl (C=O) groups is 2. The molecule has 0 amide bonds. The Bertz CT molecular complexity index is 677. The predicted molar refractivity (Wildman–Crippen MR) is 81.4 cm³/mol. The van der Waals surface area contributed by atoms with Crippen LogP contribution in [0.1, 0.15) is 59.7 Å². The van der Waals surface area contributed by atoms with Crippen molar-refractivity contribution in [3.8, 4) is 5.69 Å². The summed E-state index contributed by atoms with van der Waals surface area (Å²) in [6.07, 6.45) is 1.47. The van der Waals surface area contributed by atoms with Crippen LogP contribution in [0.5, 0.6) is 0 Å². The zero-order valence-corrected chi connectivity index (χ0v) is 12.9. The zero-order valence-electron chi connectivity index (χ0n) is 12.9. The van der Waals surface area contributed by atoms with Crippen molar-refractivity contribution in [3.63, 3.8) is 0 Å². The number of rotatable bonds is 6. The quantitative estimate of drug-likeness (QED) is 0.606. The van der Waals surface area contributed by atoms with Crippen molar-refractivity contribution >= 4 is 12.3 Å². The number of ether oxygens (including phenoxy) is 1. The normalized spacial score (nSPS) is 10.7. The molecule has 6 heteroatoms. The second-order valence-corrected chi connectivity index (χ2v) is 5.23. The standard InChI is InChI=1S/C16H19N3O3/c1-4-8-22-16(21)12-6-5-7-13(9-12)19-15(11(2)3)14(10-20)17-18-19/h5-7,9-11H,4,8H2,1-3H3. The van der Waals surface area contributed by atoms with E-state index < -0.39 is 0 Å². The minimum atomic E-state index is -0.370. The Hall–Kier alpha value is -2.50. The third-order valence-corrected chi connectivity index (χ3v) is 3.15. The fourth-order valence-corrected chi connectivity index (χ4v) is 2.16. The van der Waals surface area contributed by atoms with Crippen LogP contribution >= 0.6 is 0 Å². The van der Waals surface area contributed by atoms with Crippen LogP contribution in [0, 0.1) is 0 Å². The van der Waals surface area contributed by atoms with Gasteiger partial charge in [-0.1, -0.05) is 32.1 Å². The predicted octanol–water partition coefficient (Wildman–Crippen LogP) is 2.77. The van der Waals surface area contributed by atoms with Gasteiger partial charge in [0.2, 0.25) is 0 Å². The Morgan fingerprint density at radius 3 is 2.82 bits per heavy atom. The molecule has 1 aromatic heterocycles. The lowest BCUT2D eigenvalue weighted by atomic mass is 10.1.